The lowest BCUT2D eigenvalue weighted by Gasteiger charge is -2.31. The van der Waals surface area contributed by atoms with Crippen molar-refractivity contribution in [1.82, 2.24) is 0 Å². The molecule has 0 spiro atoms. The Bertz CT molecular complexity index is 1230. The van der Waals surface area contributed by atoms with Crippen molar-refractivity contribution in [3.8, 4) is 5.75 Å². The number of fused-ring (bicyclic) bond motifs is 1. The SMILES string of the molecule is COc1ccc(S(=O)(=O)N2CCCc3cc(NC(=O)c4cccc(Cl)c4)ccc32)cc1. The average molecular weight is 457 g/mol. The summed E-state index contributed by atoms with van der Waals surface area (Å²) in [4.78, 5) is 12.7. The van der Waals surface area contributed by atoms with Crippen LogP contribution in [0.3, 0.4) is 0 Å². The third kappa shape index (κ3) is 4.38. The van der Waals surface area contributed by atoms with Crippen molar-refractivity contribution in [2.24, 2.45) is 0 Å². The fourth-order valence-corrected chi connectivity index (χ4v) is 5.33. The Morgan fingerprint density at radius 2 is 1.84 bits per heavy atom. The molecule has 3 aromatic rings. The number of halogens is 1. The molecule has 0 atom stereocenters. The summed E-state index contributed by atoms with van der Waals surface area (Å²) in [6.07, 6.45) is 1.42. The van der Waals surface area contributed by atoms with E-state index in [1.54, 1.807) is 60.7 Å². The molecule has 6 nitrogen and oxygen atoms in total. The first kappa shape index (κ1) is 21.2. The predicted octanol–water partition coefficient (Wildman–Crippen LogP) is 4.74. The molecule has 1 heterocycles. The highest BCUT2D eigenvalue weighted by Gasteiger charge is 2.29. The molecule has 0 saturated heterocycles. The number of aryl methyl sites for hydroxylation is 1. The minimum absolute atomic E-state index is 0.208. The highest BCUT2D eigenvalue weighted by molar-refractivity contribution is 7.92. The van der Waals surface area contributed by atoms with Crippen LogP contribution in [0.2, 0.25) is 5.02 Å². The number of methoxy groups -OCH3 is 1. The van der Waals surface area contributed by atoms with Crippen LogP contribution in [0.1, 0.15) is 22.3 Å². The second kappa shape index (κ2) is 8.61. The Morgan fingerprint density at radius 1 is 1.06 bits per heavy atom. The summed E-state index contributed by atoms with van der Waals surface area (Å²) in [7, 11) is -2.17. The number of nitrogens with one attached hydrogen (secondary N) is 1. The van der Waals surface area contributed by atoms with Crippen molar-refractivity contribution in [2.45, 2.75) is 17.7 Å². The number of sulfonamides is 1. The maximum absolute atomic E-state index is 13.2. The van der Waals surface area contributed by atoms with E-state index in [1.165, 1.54) is 11.4 Å². The van der Waals surface area contributed by atoms with Gasteiger partial charge >= 0.3 is 0 Å². The number of amides is 1. The molecule has 0 aliphatic carbocycles. The second-order valence-corrected chi connectivity index (χ2v) is 9.46. The van der Waals surface area contributed by atoms with Crippen LogP contribution in [-0.4, -0.2) is 28.0 Å². The fourth-order valence-electron chi connectivity index (χ4n) is 3.60. The van der Waals surface area contributed by atoms with Crippen LogP contribution in [0.4, 0.5) is 11.4 Å². The van der Waals surface area contributed by atoms with Crippen molar-refractivity contribution in [3.05, 3.63) is 82.9 Å². The lowest BCUT2D eigenvalue weighted by atomic mass is 10.0. The molecule has 0 aromatic heterocycles. The van der Waals surface area contributed by atoms with Gasteiger partial charge in [-0.15, -0.1) is 0 Å². The van der Waals surface area contributed by atoms with E-state index in [9.17, 15) is 13.2 Å². The quantitative estimate of drug-likeness (QED) is 0.601. The van der Waals surface area contributed by atoms with Crippen LogP contribution in [-0.2, 0) is 16.4 Å². The van der Waals surface area contributed by atoms with Crippen molar-refractivity contribution >= 4 is 38.9 Å². The largest absolute Gasteiger partial charge is 0.497 e. The Kier molecular flexibility index (Phi) is 5.89. The van der Waals surface area contributed by atoms with E-state index in [0.29, 0.717) is 40.7 Å². The number of ether oxygens (including phenoxy) is 1. The molecule has 0 bridgehead atoms. The molecule has 1 aliphatic heterocycles. The standard InChI is InChI=1S/C23H21ClN2O4S/c1-30-20-8-10-21(11-9-20)31(28,29)26-13-3-5-16-15-19(7-12-22(16)26)25-23(27)17-4-2-6-18(24)14-17/h2,4,6-12,14-15H,3,5,13H2,1H3,(H,25,27). The normalized spacial score (nSPS) is 13.4. The van der Waals surface area contributed by atoms with E-state index in [1.807, 2.05) is 6.07 Å². The Balaban J connectivity index is 1.60. The lowest BCUT2D eigenvalue weighted by molar-refractivity contribution is 0.102. The summed E-state index contributed by atoms with van der Waals surface area (Å²) >= 11 is 5.96. The highest BCUT2D eigenvalue weighted by atomic mass is 35.5. The van der Waals surface area contributed by atoms with Crippen LogP contribution < -0.4 is 14.4 Å². The Labute approximate surface area is 186 Å². The van der Waals surface area contributed by atoms with Crippen molar-refractivity contribution in [1.29, 1.82) is 0 Å². The maximum Gasteiger partial charge on any atom is 0.264 e. The zero-order chi connectivity index (χ0) is 22.0. The summed E-state index contributed by atoms with van der Waals surface area (Å²) in [6.45, 7) is 0.398. The number of rotatable bonds is 5. The molecule has 1 N–H and O–H groups in total. The lowest BCUT2D eigenvalue weighted by Crippen LogP contribution is -2.35. The molecule has 0 unspecified atom stereocenters. The van der Waals surface area contributed by atoms with Gasteiger partial charge in [-0.3, -0.25) is 9.10 Å². The molecule has 1 aliphatic rings. The van der Waals surface area contributed by atoms with Crippen LogP contribution in [0.25, 0.3) is 0 Å². The summed E-state index contributed by atoms with van der Waals surface area (Å²) in [6, 6.07) is 18.3. The van der Waals surface area contributed by atoms with Gasteiger partial charge in [-0.05, 0) is 79.1 Å². The van der Waals surface area contributed by atoms with Gasteiger partial charge in [0.1, 0.15) is 5.75 Å². The van der Waals surface area contributed by atoms with Gasteiger partial charge in [0.25, 0.3) is 15.9 Å². The number of carbonyl (C=O) groups is 1. The summed E-state index contributed by atoms with van der Waals surface area (Å²) in [5.41, 5.74) is 2.55. The number of hydrogen-bond donors (Lipinski definition) is 1. The number of hydrogen-bond acceptors (Lipinski definition) is 4. The molecular weight excluding hydrogens is 436 g/mol. The zero-order valence-corrected chi connectivity index (χ0v) is 18.4. The number of carbonyl (C=O) groups excluding carboxylic acids is 1. The number of anilines is 2. The fraction of sp³-hybridized carbons (Fsp3) is 0.174. The molecule has 4 rings (SSSR count). The van der Waals surface area contributed by atoms with Crippen LogP contribution in [0.5, 0.6) is 5.75 Å². The smallest absolute Gasteiger partial charge is 0.264 e. The van der Waals surface area contributed by atoms with Gasteiger partial charge in [-0.2, -0.15) is 0 Å². The third-order valence-electron chi connectivity index (χ3n) is 5.15. The van der Waals surface area contributed by atoms with Crippen molar-refractivity contribution in [3.63, 3.8) is 0 Å². The monoisotopic (exact) mass is 456 g/mol. The highest BCUT2D eigenvalue weighted by Crippen LogP contribution is 2.34. The summed E-state index contributed by atoms with van der Waals surface area (Å²) in [5.74, 6) is 0.319. The van der Waals surface area contributed by atoms with Gasteiger partial charge in [0.15, 0.2) is 0 Å². The molecule has 3 aromatic carbocycles. The van der Waals surface area contributed by atoms with Crippen LogP contribution in [0, 0.1) is 0 Å². The van der Waals surface area contributed by atoms with E-state index >= 15 is 0 Å². The van der Waals surface area contributed by atoms with Crippen molar-refractivity contribution in [2.75, 3.05) is 23.3 Å². The van der Waals surface area contributed by atoms with Crippen molar-refractivity contribution < 1.29 is 17.9 Å². The third-order valence-corrected chi connectivity index (χ3v) is 7.21. The van der Waals surface area contributed by atoms with E-state index in [2.05, 4.69) is 5.32 Å². The molecule has 31 heavy (non-hydrogen) atoms. The van der Waals surface area contributed by atoms with Gasteiger partial charge in [0.2, 0.25) is 0 Å². The average Bonchev–Trinajstić information content (AvgIpc) is 2.78. The second-order valence-electron chi connectivity index (χ2n) is 7.16. The Morgan fingerprint density at radius 3 is 2.55 bits per heavy atom. The van der Waals surface area contributed by atoms with E-state index < -0.39 is 10.0 Å². The van der Waals surface area contributed by atoms with E-state index in [-0.39, 0.29) is 10.8 Å². The van der Waals surface area contributed by atoms with E-state index in [4.69, 9.17) is 16.3 Å². The first-order valence-electron chi connectivity index (χ1n) is 9.75. The molecular formula is C23H21ClN2O4S. The Hall–Kier alpha value is -3.03. The van der Waals surface area contributed by atoms with E-state index in [0.717, 1.165) is 12.0 Å². The minimum Gasteiger partial charge on any atom is -0.497 e. The van der Waals surface area contributed by atoms with Gasteiger partial charge in [0, 0.05) is 22.8 Å². The molecule has 0 fully saturated rings. The zero-order valence-electron chi connectivity index (χ0n) is 16.8. The van der Waals surface area contributed by atoms with Gasteiger partial charge < -0.3 is 10.1 Å². The molecule has 160 valence electrons. The van der Waals surface area contributed by atoms with Crippen LogP contribution in [0.15, 0.2) is 71.6 Å². The predicted molar refractivity (Wildman–Crippen MR) is 122 cm³/mol. The molecule has 0 radical (unpaired) electrons. The topological polar surface area (TPSA) is 75.7 Å². The minimum atomic E-state index is -3.71. The molecule has 1 amide bonds. The number of benzene rings is 3. The first-order valence-corrected chi connectivity index (χ1v) is 11.6. The van der Waals surface area contributed by atoms with Gasteiger partial charge in [-0.1, -0.05) is 17.7 Å². The van der Waals surface area contributed by atoms with Gasteiger partial charge in [-0.25, -0.2) is 8.42 Å². The number of nitrogens with zero attached hydrogens (tertiary/aromatic N) is 1. The van der Waals surface area contributed by atoms with Gasteiger partial charge in [0.05, 0.1) is 17.7 Å². The molecule has 0 saturated carbocycles. The summed E-state index contributed by atoms with van der Waals surface area (Å²) in [5, 5.41) is 3.34. The first-order chi connectivity index (χ1) is 14.9. The molecule has 8 heteroatoms. The van der Waals surface area contributed by atoms with Crippen LogP contribution >= 0.6 is 11.6 Å². The maximum atomic E-state index is 13.2. The summed E-state index contributed by atoms with van der Waals surface area (Å²) < 4.78 is 33.0.